The molecule has 1 amide bonds. The first-order valence-electron chi connectivity index (χ1n) is 5.83. The maximum absolute atomic E-state index is 11.6. The van der Waals surface area contributed by atoms with E-state index in [-0.39, 0.29) is 18.3 Å². The topological polar surface area (TPSA) is 79.8 Å². The van der Waals surface area contributed by atoms with E-state index in [1.807, 2.05) is 0 Å². The number of hydrazone groups is 1. The van der Waals surface area contributed by atoms with E-state index in [2.05, 4.69) is 21.8 Å². The Labute approximate surface area is 117 Å². The van der Waals surface area contributed by atoms with Gasteiger partial charge >= 0.3 is 5.97 Å². The highest BCUT2D eigenvalue weighted by molar-refractivity contribution is 5.94. The van der Waals surface area contributed by atoms with Gasteiger partial charge in [-0.15, -0.1) is 11.5 Å². The lowest BCUT2D eigenvalue weighted by atomic mass is 10.2. The van der Waals surface area contributed by atoms with Crippen LogP contribution in [0.15, 0.2) is 29.4 Å². The molecule has 2 N–H and O–H groups in total. The Morgan fingerprint density at radius 1 is 1.30 bits per heavy atom. The molecule has 1 aromatic carbocycles. The van der Waals surface area contributed by atoms with Crippen LogP contribution in [-0.4, -0.2) is 24.3 Å². The number of carbonyl (C=O) groups is 2. The van der Waals surface area contributed by atoms with Gasteiger partial charge in [-0.3, -0.25) is 15.0 Å². The van der Waals surface area contributed by atoms with Crippen molar-refractivity contribution in [2.24, 2.45) is 5.10 Å². The third-order valence-corrected chi connectivity index (χ3v) is 2.13. The van der Waals surface area contributed by atoms with E-state index in [1.54, 1.807) is 31.2 Å². The monoisotopic (exact) mass is 273 g/mol. The van der Waals surface area contributed by atoms with Crippen molar-refractivity contribution in [3.63, 3.8) is 0 Å². The number of rotatable bonds is 4. The van der Waals surface area contributed by atoms with Crippen LogP contribution >= 0.6 is 0 Å². The maximum atomic E-state index is 11.6. The fourth-order valence-corrected chi connectivity index (χ4v) is 1.30. The Kier molecular flexibility index (Phi) is 5.78. The van der Waals surface area contributed by atoms with Crippen LogP contribution in [0, 0.1) is 12.3 Å². The second kappa shape index (κ2) is 7.59. The predicted molar refractivity (Wildman–Crippen MR) is 76.1 cm³/mol. The number of hydrogen-bond acceptors (Lipinski definition) is 5. The molecule has 0 aliphatic heterocycles. The van der Waals surface area contributed by atoms with Gasteiger partial charge in [0.25, 0.3) is 5.91 Å². The molecule has 0 aliphatic carbocycles. The summed E-state index contributed by atoms with van der Waals surface area (Å²) in [5.41, 5.74) is 3.86. The standard InChI is InChI=1S/C14H15N3O3/c1-4-9-15-14(19)12-5-7-13(8-6-12)17-16-10(2)20-11(3)18/h1,5-8,17H,9H2,2-3H3,(H,15,19)/b16-10-. The fourth-order valence-electron chi connectivity index (χ4n) is 1.30. The minimum absolute atomic E-state index is 0.185. The van der Waals surface area contributed by atoms with Crippen molar-refractivity contribution in [1.29, 1.82) is 0 Å². The van der Waals surface area contributed by atoms with Crippen LogP contribution in [0.5, 0.6) is 0 Å². The van der Waals surface area contributed by atoms with E-state index in [0.29, 0.717) is 11.3 Å². The van der Waals surface area contributed by atoms with Gasteiger partial charge in [0.15, 0.2) is 0 Å². The number of benzene rings is 1. The number of nitrogens with zero attached hydrogens (tertiary/aromatic N) is 1. The van der Waals surface area contributed by atoms with E-state index < -0.39 is 5.97 Å². The summed E-state index contributed by atoms with van der Waals surface area (Å²) in [5, 5.41) is 6.41. The van der Waals surface area contributed by atoms with Crippen LogP contribution in [0.3, 0.4) is 0 Å². The van der Waals surface area contributed by atoms with E-state index in [1.165, 1.54) is 6.92 Å². The summed E-state index contributed by atoms with van der Waals surface area (Å²) in [6.07, 6.45) is 5.06. The third-order valence-electron chi connectivity index (χ3n) is 2.13. The molecule has 1 aromatic rings. The van der Waals surface area contributed by atoms with Crippen molar-refractivity contribution < 1.29 is 14.3 Å². The number of esters is 1. The summed E-state index contributed by atoms with van der Waals surface area (Å²) in [7, 11) is 0. The molecule has 0 aromatic heterocycles. The molecule has 20 heavy (non-hydrogen) atoms. The summed E-state index contributed by atoms with van der Waals surface area (Å²) in [6.45, 7) is 3.03. The number of carbonyl (C=O) groups excluding carboxylic acids is 2. The van der Waals surface area contributed by atoms with Gasteiger partial charge in [-0.25, -0.2) is 0 Å². The van der Waals surface area contributed by atoms with Gasteiger partial charge in [0.2, 0.25) is 5.90 Å². The molecular weight excluding hydrogens is 258 g/mol. The number of terminal acetylenes is 1. The van der Waals surface area contributed by atoms with Crippen molar-refractivity contribution in [3.05, 3.63) is 29.8 Å². The second-order valence-corrected chi connectivity index (χ2v) is 3.80. The first-order valence-corrected chi connectivity index (χ1v) is 5.83. The van der Waals surface area contributed by atoms with Crippen molar-refractivity contribution in [2.75, 3.05) is 12.0 Å². The van der Waals surface area contributed by atoms with Crippen LogP contribution in [0.1, 0.15) is 24.2 Å². The first kappa shape index (κ1) is 15.2. The van der Waals surface area contributed by atoms with Crippen molar-refractivity contribution in [3.8, 4) is 12.3 Å². The van der Waals surface area contributed by atoms with Gasteiger partial charge in [0, 0.05) is 19.4 Å². The van der Waals surface area contributed by atoms with Gasteiger partial charge in [-0.2, -0.15) is 0 Å². The highest BCUT2D eigenvalue weighted by Crippen LogP contribution is 2.09. The van der Waals surface area contributed by atoms with Crippen LogP contribution < -0.4 is 10.7 Å². The number of hydrogen-bond donors (Lipinski definition) is 2. The molecule has 0 aliphatic rings. The summed E-state index contributed by atoms with van der Waals surface area (Å²) in [4.78, 5) is 22.3. The normalized spacial score (nSPS) is 10.3. The molecule has 0 atom stereocenters. The van der Waals surface area contributed by atoms with Crippen LogP contribution in [-0.2, 0) is 9.53 Å². The molecule has 6 heteroatoms. The highest BCUT2D eigenvalue weighted by Gasteiger charge is 2.03. The first-order chi connectivity index (χ1) is 9.52. The van der Waals surface area contributed by atoms with E-state index in [4.69, 9.17) is 11.2 Å². The van der Waals surface area contributed by atoms with Gasteiger partial charge in [0.05, 0.1) is 12.2 Å². The van der Waals surface area contributed by atoms with E-state index in [0.717, 1.165) is 0 Å². The maximum Gasteiger partial charge on any atom is 0.309 e. The molecule has 0 unspecified atom stereocenters. The molecule has 0 saturated heterocycles. The molecule has 104 valence electrons. The SMILES string of the molecule is C#CCNC(=O)c1ccc(N/N=C(/C)OC(C)=O)cc1. The highest BCUT2D eigenvalue weighted by atomic mass is 16.5. The van der Waals surface area contributed by atoms with Crippen LogP contribution in [0.25, 0.3) is 0 Å². The second-order valence-electron chi connectivity index (χ2n) is 3.80. The van der Waals surface area contributed by atoms with Gasteiger partial charge in [-0.1, -0.05) is 5.92 Å². The largest absolute Gasteiger partial charge is 0.410 e. The Morgan fingerprint density at radius 2 is 1.95 bits per heavy atom. The third kappa shape index (κ3) is 5.23. The molecule has 0 heterocycles. The summed E-state index contributed by atoms with van der Waals surface area (Å²) in [6, 6.07) is 6.61. The average Bonchev–Trinajstić information content (AvgIpc) is 2.42. The zero-order valence-electron chi connectivity index (χ0n) is 11.3. The lowest BCUT2D eigenvalue weighted by molar-refractivity contribution is -0.133. The fraction of sp³-hybridized carbons (Fsp3) is 0.214. The predicted octanol–water partition coefficient (Wildman–Crippen LogP) is 1.36. The lowest BCUT2D eigenvalue weighted by Crippen LogP contribution is -2.23. The number of anilines is 1. The molecule has 1 rings (SSSR count). The Morgan fingerprint density at radius 3 is 2.50 bits per heavy atom. The van der Waals surface area contributed by atoms with E-state index >= 15 is 0 Å². The molecule has 0 spiro atoms. The van der Waals surface area contributed by atoms with Gasteiger partial charge in [0.1, 0.15) is 0 Å². The van der Waals surface area contributed by atoms with Crippen molar-refractivity contribution >= 4 is 23.5 Å². The average molecular weight is 273 g/mol. The molecule has 0 bridgehead atoms. The van der Waals surface area contributed by atoms with Gasteiger partial charge < -0.3 is 10.1 Å². The molecule has 0 fully saturated rings. The number of nitrogens with one attached hydrogen (secondary N) is 2. The zero-order valence-corrected chi connectivity index (χ0v) is 11.3. The van der Waals surface area contributed by atoms with Crippen molar-refractivity contribution in [2.45, 2.75) is 13.8 Å². The minimum atomic E-state index is -0.436. The molecule has 0 saturated carbocycles. The number of ether oxygens (including phenoxy) is 1. The Bertz CT molecular complexity index is 556. The molecular formula is C14H15N3O3. The van der Waals surface area contributed by atoms with Crippen LogP contribution in [0.4, 0.5) is 5.69 Å². The van der Waals surface area contributed by atoms with Gasteiger partial charge in [-0.05, 0) is 24.3 Å². The van der Waals surface area contributed by atoms with E-state index in [9.17, 15) is 9.59 Å². The Balaban J connectivity index is 2.61. The minimum Gasteiger partial charge on any atom is -0.410 e. The summed E-state index contributed by atoms with van der Waals surface area (Å²) in [5.74, 6) is 1.85. The summed E-state index contributed by atoms with van der Waals surface area (Å²) >= 11 is 0. The Hall–Kier alpha value is -2.81. The summed E-state index contributed by atoms with van der Waals surface area (Å²) < 4.78 is 4.74. The molecule has 0 radical (unpaired) electrons. The smallest absolute Gasteiger partial charge is 0.309 e. The molecule has 6 nitrogen and oxygen atoms in total. The van der Waals surface area contributed by atoms with Crippen LogP contribution in [0.2, 0.25) is 0 Å². The zero-order chi connectivity index (χ0) is 15.0. The van der Waals surface area contributed by atoms with Crippen molar-refractivity contribution in [1.82, 2.24) is 5.32 Å². The quantitative estimate of drug-likeness (QED) is 0.285. The lowest BCUT2D eigenvalue weighted by Gasteiger charge is -2.05. The number of amides is 1.